The number of hydrogen-bond acceptors (Lipinski definition) is 4. The highest BCUT2D eigenvalue weighted by Crippen LogP contribution is 2.21. The van der Waals surface area contributed by atoms with E-state index in [0.717, 1.165) is 38.2 Å². The second kappa shape index (κ2) is 6.71. The lowest BCUT2D eigenvalue weighted by atomic mass is 9.94. The lowest BCUT2D eigenvalue weighted by Crippen LogP contribution is -2.33. The number of nitrogens with one attached hydrogen (secondary N) is 1. The Balaban J connectivity index is 1.94. The molecule has 4 heteroatoms. The number of hydrogen-bond donors (Lipinski definition) is 2. The van der Waals surface area contributed by atoms with Crippen LogP contribution in [0.5, 0.6) is 0 Å². The lowest BCUT2D eigenvalue weighted by Gasteiger charge is -2.21. The summed E-state index contributed by atoms with van der Waals surface area (Å²) < 4.78 is 5.45. The van der Waals surface area contributed by atoms with E-state index in [2.05, 4.69) is 23.3 Å². The van der Waals surface area contributed by atoms with Crippen molar-refractivity contribution >= 4 is 5.82 Å². The Hall–Kier alpha value is -1.13. The number of anilines is 1. The quantitative estimate of drug-likeness (QED) is 0.804. The number of ether oxygens (including phenoxy) is 1. The van der Waals surface area contributed by atoms with Gasteiger partial charge in [-0.2, -0.15) is 0 Å². The Morgan fingerprint density at radius 3 is 3.17 bits per heavy atom. The summed E-state index contributed by atoms with van der Waals surface area (Å²) in [6, 6.07) is 4.48. The maximum absolute atomic E-state index is 5.91. The van der Waals surface area contributed by atoms with E-state index in [-0.39, 0.29) is 0 Å². The highest BCUT2D eigenvalue weighted by Gasteiger charge is 2.21. The van der Waals surface area contributed by atoms with E-state index < -0.39 is 0 Å². The fourth-order valence-electron chi connectivity index (χ4n) is 2.59. The van der Waals surface area contributed by atoms with Crippen LogP contribution in [0.1, 0.15) is 25.3 Å². The van der Waals surface area contributed by atoms with Crippen LogP contribution in [0.15, 0.2) is 18.3 Å². The standard InChI is InChI=1S/C14H23N3O/c1-2-16-13(8-11-5-7-18-10-11)9-12-4-3-6-17-14(12)15/h3-4,6,11,13,16H,2,5,7-10H2,1H3,(H2,15,17). The van der Waals surface area contributed by atoms with Crippen molar-refractivity contribution in [1.82, 2.24) is 10.3 Å². The molecule has 0 aromatic carbocycles. The second-order valence-corrected chi connectivity index (χ2v) is 4.97. The first-order valence-electron chi connectivity index (χ1n) is 6.80. The summed E-state index contributed by atoms with van der Waals surface area (Å²) in [5.74, 6) is 1.34. The van der Waals surface area contributed by atoms with E-state index in [1.165, 1.54) is 6.42 Å². The number of nitrogens with two attached hydrogens (primary N) is 1. The van der Waals surface area contributed by atoms with Gasteiger partial charge in [-0.1, -0.05) is 13.0 Å². The highest BCUT2D eigenvalue weighted by molar-refractivity contribution is 5.38. The topological polar surface area (TPSA) is 60.2 Å². The third-order valence-electron chi connectivity index (χ3n) is 3.53. The molecule has 1 fully saturated rings. The molecule has 0 aliphatic carbocycles. The van der Waals surface area contributed by atoms with Crippen LogP contribution in [0.25, 0.3) is 0 Å². The Labute approximate surface area is 109 Å². The molecular weight excluding hydrogens is 226 g/mol. The molecule has 1 saturated heterocycles. The van der Waals surface area contributed by atoms with Crippen molar-refractivity contribution in [2.24, 2.45) is 5.92 Å². The molecule has 3 N–H and O–H groups in total. The summed E-state index contributed by atoms with van der Waals surface area (Å²) in [5.41, 5.74) is 7.05. The van der Waals surface area contributed by atoms with Gasteiger partial charge in [0.2, 0.25) is 0 Å². The van der Waals surface area contributed by atoms with Gasteiger partial charge in [0, 0.05) is 25.5 Å². The van der Waals surface area contributed by atoms with Crippen LogP contribution in [0.3, 0.4) is 0 Å². The van der Waals surface area contributed by atoms with Crippen molar-refractivity contribution in [1.29, 1.82) is 0 Å². The van der Waals surface area contributed by atoms with Crippen LogP contribution in [0.2, 0.25) is 0 Å². The predicted molar refractivity (Wildman–Crippen MR) is 73.4 cm³/mol. The lowest BCUT2D eigenvalue weighted by molar-refractivity contribution is 0.181. The fourth-order valence-corrected chi connectivity index (χ4v) is 2.59. The van der Waals surface area contributed by atoms with Gasteiger partial charge in [0.25, 0.3) is 0 Å². The number of nitrogen functional groups attached to an aromatic ring is 1. The van der Waals surface area contributed by atoms with Crippen molar-refractivity contribution in [2.45, 2.75) is 32.2 Å². The van der Waals surface area contributed by atoms with Gasteiger partial charge in [-0.05, 0) is 43.4 Å². The number of aromatic nitrogens is 1. The maximum atomic E-state index is 5.91. The smallest absolute Gasteiger partial charge is 0.126 e. The molecular formula is C14H23N3O. The molecule has 0 radical (unpaired) electrons. The molecule has 4 nitrogen and oxygen atoms in total. The Kier molecular flexibility index (Phi) is 4.96. The van der Waals surface area contributed by atoms with Crippen molar-refractivity contribution in [2.75, 3.05) is 25.5 Å². The number of nitrogens with zero attached hydrogens (tertiary/aromatic N) is 1. The van der Waals surface area contributed by atoms with Crippen molar-refractivity contribution in [3.05, 3.63) is 23.9 Å². The molecule has 1 aromatic rings. The average Bonchev–Trinajstić information content (AvgIpc) is 2.85. The van der Waals surface area contributed by atoms with Crippen LogP contribution in [-0.2, 0) is 11.2 Å². The minimum atomic E-state index is 0.466. The van der Waals surface area contributed by atoms with Crippen LogP contribution in [0, 0.1) is 5.92 Å². The molecule has 1 aromatic heterocycles. The van der Waals surface area contributed by atoms with Gasteiger partial charge in [0.1, 0.15) is 5.82 Å². The van der Waals surface area contributed by atoms with Gasteiger partial charge in [-0.25, -0.2) is 4.98 Å². The number of pyridine rings is 1. The normalized spacial score (nSPS) is 21.1. The minimum absolute atomic E-state index is 0.466. The van der Waals surface area contributed by atoms with Gasteiger partial charge in [-0.15, -0.1) is 0 Å². The molecule has 2 unspecified atom stereocenters. The highest BCUT2D eigenvalue weighted by atomic mass is 16.5. The van der Waals surface area contributed by atoms with E-state index in [0.29, 0.717) is 17.8 Å². The molecule has 0 saturated carbocycles. The average molecular weight is 249 g/mol. The van der Waals surface area contributed by atoms with Crippen molar-refractivity contribution < 1.29 is 4.74 Å². The van der Waals surface area contributed by atoms with E-state index >= 15 is 0 Å². The Morgan fingerprint density at radius 1 is 1.61 bits per heavy atom. The zero-order valence-electron chi connectivity index (χ0n) is 11.1. The van der Waals surface area contributed by atoms with Gasteiger partial charge < -0.3 is 15.8 Å². The number of rotatable bonds is 6. The first-order valence-corrected chi connectivity index (χ1v) is 6.80. The summed E-state index contributed by atoms with van der Waals surface area (Å²) >= 11 is 0. The SMILES string of the molecule is CCNC(Cc1cccnc1N)CC1CCOC1. The van der Waals surface area contributed by atoms with Crippen LogP contribution >= 0.6 is 0 Å². The molecule has 2 heterocycles. The molecule has 100 valence electrons. The first-order chi connectivity index (χ1) is 8.79. The molecule has 18 heavy (non-hydrogen) atoms. The predicted octanol–water partition coefficient (Wildman–Crippen LogP) is 1.61. The summed E-state index contributed by atoms with van der Waals surface area (Å²) in [6.07, 6.45) is 5.03. The molecule has 0 spiro atoms. The van der Waals surface area contributed by atoms with E-state index in [4.69, 9.17) is 10.5 Å². The summed E-state index contributed by atoms with van der Waals surface area (Å²) in [7, 11) is 0. The summed E-state index contributed by atoms with van der Waals surface area (Å²) in [6.45, 7) is 4.95. The van der Waals surface area contributed by atoms with E-state index in [1.807, 2.05) is 6.07 Å². The zero-order chi connectivity index (χ0) is 12.8. The van der Waals surface area contributed by atoms with Crippen LogP contribution in [-0.4, -0.2) is 30.8 Å². The molecule has 2 atom stereocenters. The maximum Gasteiger partial charge on any atom is 0.126 e. The monoisotopic (exact) mass is 249 g/mol. The Bertz CT molecular complexity index is 364. The summed E-state index contributed by atoms with van der Waals surface area (Å²) in [5, 5.41) is 3.55. The van der Waals surface area contributed by atoms with Crippen LogP contribution in [0.4, 0.5) is 5.82 Å². The molecule has 1 aliphatic rings. The minimum Gasteiger partial charge on any atom is -0.383 e. The fraction of sp³-hybridized carbons (Fsp3) is 0.643. The second-order valence-electron chi connectivity index (χ2n) is 4.97. The molecule has 1 aliphatic heterocycles. The van der Waals surface area contributed by atoms with Gasteiger partial charge in [0.15, 0.2) is 0 Å². The van der Waals surface area contributed by atoms with Crippen molar-refractivity contribution in [3.8, 4) is 0 Å². The largest absolute Gasteiger partial charge is 0.383 e. The molecule has 2 rings (SSSR count). The molecule has 0 amide bonds. The third kappa shape index (κ3) is 3.68. The third-order valence-corrected chi connectivity index (χ3v) is 3.53. The first kappa shape index (κ1) is 13.3. The Morgan fingerprint density at radius 2 is 2.50 bits per heavy atom. The van der Waals surface area contributed by atoms with Crippen molar-refractivity contribution in [3.63, 3.8) is 0 Å². The zero-order valence-corrected chi connectivity index (χ0v) is 11.1. The summed E-state index contributed by atoms with van der Waals surface area (Å²) in [4.78, 5) is 4.15. The van der Waals surface area contributed by atoms with Crippen LogP contribution < -0.4 is 11.1 Å². The van der Waals surface area contributed by atoms with Gasteiger partial charge in [-0.3, -0.25) is 0 Å². The van der Waals surface area contributed by atoms with E-state index in [1.54, 1.807) is 6.20 Å². The number of likely N-dealkylation sites (N-methyl/N-ethyl adjacent to an activating group) is 1. The van der Waals surface area contributed by atoms with Gasteiger partial charge in [0.05, 0.1) is 0 Å². The van der Waals surface area contributed by atoms with E-state index in [9.17, 15) is 0 Å². The molecule has 0 bridgehead atoms. The van der Waals surface area contributed by atoms with Gasteiger partial charge >= 0.3 is 0 Å².